The van der Waals surface area contributed by atoms with E-state index < -0.39 is 98.3 Å². The molecule has 2 aliphatic heterocycles. The van der Waals surface area contributed by atoms with Gasteiger partial charge in [-0.15, -0.1) is 0 Å². The van der Waals surface area contributed by atoms with E-state index in [1.54, 1.807) is 37.5 Å². The summed E-state index contributed by atoms with van der Waals surface area (Å²) in [5, 5.41) is 1.27. The first kappa shape index (κ1) is 48.7. The van der Waals surface area contributed by atoms with Crippen molar-refractivity contribution in [2.45, 2.75) is 127 Å². The van der Waals surface area contributed by atoms with Crippen molar-refractivity contribution in [2.24, 2.45) is 29.1 Å². The molecule has 18 heteroatoms. The molecule has 1 aromatic carbocycles. The highest BCUT2D eigenvalue weighted by Gasteiger charge is 2.63. The minimum Gasteiger partial charge on any atom is -0.497 e. The monoisotopic (exact) mass is 940 g/mol. The summed E-state index contributed by atoms with van der Waals surface area (Å²) >= 11 is 0. The molecule has 0 bridgehead atoms. The zero-order valence-corrected chi connectivity index (χ0v) is 39.2. The van der Waals surface area contributed by atoms with Crippen LogP contribution in [0.15, 0.2) is 54.9 Å². The predicted octanol–water partition coefficient (Wildman–Crippen LogP) is 7.92. The number of esters is 1. The maximum absolute atomic E-state index is 15.2. The number of alkyl halides is 3. The Labute approximate surface area is 383 Å². The van der Waals surface area contributed by atoms with Crippen LogP contribution < -0.4 is 18.9 Å². The van der Waals surface area contributed by atoms with Crippen molar-refractivity contribution >= 4 is 44.4 Å². The minimum absolute atomic E-state index is 0.00101. The van der Waals surface area contributed by atoms with Gasteiger partial charge in [0.1, 0.15) is 11.9 Å². The molecule has 0 radical (unpaired) electrons. The third-order valence-corrected chi connectivity index (χ3v) is 16.3. The lowest BCUT2D eigenvalue weighted by atomic mass is 9.79. The van der Waals surface area contributed by atoms with Gasteiger partial charge in [-0.1, -0.05) is 32.4 Å². The highest BCUT2D eigenvalue weighted by molar-refractivity contribution is 7.91. The van der Waals surface area contributed by atoms with Gasteiger partial charge in [-0.25, -0.2) is 18.4 Å². The van der Waals surface area contributed by atoms with Gasteiger partial charge in [-0.3, -0.25) is 23.9 Å². The lowest BCUT2D eigenvalue weighted by Gasteiger charge is -2.34. The maximum atomic E-state index is 15.2. The number of aromatic nitrogens is 2. The van der Waals surface area contributed by atoms with Gasteiger partial charge in [0.2, 0.25) is 39.2 Å². The molecule has 7 rings (SSSR count). The number of ether oxygens (including phenoxy) is 4. The number of sulfonamides is 1. The van der Waals surface area contributed by atoms with E-state index in [0.717, 1.165) is 19.4 Å². The van der Waals surface area contributed by atoms with E-state index in [4.69, 9.17) is 23.9 Å². The third-order valence-electron chi connectivity index (χ3n) is 14.2. The standard InChI is InChI=1S/C48H59F3N4O10S/c1-8-29-19-28(2)11-9-10-12-31-23-47(31,44(59)54-66(60,61)46(5)17-18-46)24-39(56)38-21-33(27-55(38)43(58)35(29)22-41(57)65-45(3,4)48(49,50)51)64-42-34-15-14-32(62-6)20-36(34)37(26-53-42)30-13-16-40(63-7)52-25-30/h10,12-16,20,25-26,28-29,31,33,35,38H,8-9,11,17-19,21-24,27H2,1-7H3,(H,54,59)/b12-10-/t28-,29-,31-,33-,35+,38?,47-/m1/s1. The van der Waals surface area contributed by atoms with Crippen LogP contribution in [0.2, 0.25) is 0 Å². The second-order valence-corrected chi connectivity index (χ2v) is 21.5. The van der Waals surface area contributed by atoms with Gasteiger partial charge in [-0.05, 0) is 101 Å². The number of carbonyl (C=O) groups is 4. The van der Waals surface area contributed by atoms with Gasteiger partial charge in [0.15, 0.2) is 5.78 Å². The first-order chi connectivity index (χ1) is 31.0. The van der Waals surface area contributed by atoms with Crippen molar-refractivity contribution in [2.75, 3.05) is 20.8 Å². The van der Waals surface area contributed by atoms with E-state index in [9.17, 15) is 36.0 Å². The zero-order valence-electron chi connectivity index (χ0n) is 38.4. The van der Waals surface area contributed by atoms with Crippen LogP contribution in [0.4, 0.5) is 13.2 Å². The first-order valence-electron chi connectivity index (χ1n) is 22.5. The van der Waals surface area contributed by atoms with E-state index in [-0.39, 0.29) is 31.2 Å². The number of carbonyl (C=O) groups excluding carboxylic acids is 4. The van der Waals surface area contributed by atoms with Crippen molar-refractivity contribution in [1.82, 2.24) is 19.6 Å². The number of methoxy groups -OCH3 is 2. The Kier molecular flexibility index (Phi) is 13.6. The molecular formula is C48H59F3N4O10S. The van der Waals surface area contributed by atoms with Crippen molar-refractivity contribution in [3.05, 3.63) is 54.9 Å². The van der Waals surface area contributed by atoms with Gasteiger partial charge in [0, 0.05) is 53.2 Å². The normalized spacial score (nSPS) is 27.4. The highest BCUT2D eigenvalue weighted by atomic mass is 32.2. The lowest BCUT2D eigenvalue weighted by molar-refractivity contribution is -0.257. The number of hydrogen-bond donors (Lipinski definition) is 1. The Balaban J connectivity index is 1.26. The van der Waals surface area contributed by atoms with Gasteiger partial charge in [0.25, 0.3) is 0 Å². The largest absolute Gasteiger partial charge is 0.497 e. The molecule has 7 atom stereocenters. The van der Waals surface area contributed by atoms with Crippen LogP contribution in [-0.4, -0.2) is 96.3 Å². The number of hydrogen-bond acceptors (Lipinski definition) is 12. The van der Waals surface area contributed by atoms with Crippen LogP contribution in [0.3, 0.4) is 0 Å². The number of nitrogens with one attached hydrogen (secondary N) is 1. The fourth-order valence-electron chi connectivity index (χ4n) is 9.37. The first-order valence-corrected chi connectivity index (χ1v) is 24.0. The number of ketones is 1. The predicted molar refractivity (Wildman–Crippen MR) is 238 cm³/mol. The summed E-state index contributed by atoms with van der Waals surface area (Å²) in [6.45, 7) is 6.73. The molecule has 3 aromatic rings. The van der Waals surface area contributed by atoms with Gasteiger partial charge < -0.3 is 23.8 Å². The molecule has 14 nitrogen and oxygen atoms in total. The molecule has 2 saturated carbocycles. The molecule has 1 N–H and O–H groups in total. The van der Waals surface area contributed by atoms with Crippen LogP contribution >= 0.6 is 0 Å². The zero-order chi connectivity index (χ0) is 48.0. The SMILES string of the molecule is CC[C@@H]1C[C@H](C)CC/C=C\[C@@H]2C[C@@]2(C(=O)NS(=O)(=O)C2(C)CC2)CC(=O)C2C[C@@H](Oc3ncc(-c4ccc(OC)nc4)c4cc(OC)ccc34)CN2C(=O)[C@H]1CC(=O)OC(C)(C)C(F)(F)F. The molecule has 2 aliphatic carbocycles. The topological polar surface area (TPSA) is 180 Å². The third kappa shape index (κ3) is 9.89. The van der Waals surface area contributed by atoms with Gasteiger partial charge in [0.05, 0.1) is 49.3 Å². The molecule has 4 aliphatic rings. The number of benzene rings is 1. The van der Waals surface area contributed by atoms with Crippen molar-refractivity contribution in [3.63, 3.8) is 0 Å². The number of allylic oxidation sites excluding steroid dienone is 2. The summed E-state index contributed by atoms with van der Waals surface area (Å²) in [5.41, 5.74) is -2.82. The minimum atomic E-state index is -4.89. The molecule has 4 heterocycles. The molecule has 66 heavy (non-hydrogen) atoms. The van der Waals surface area contributed by atoms with Gasteiger partial charge in [-0.2, -0.15) is 13.2 Å². The molecule has 1 unspecified atom stereocenters. The molecule has 2 amide bonds. The fourth-order valence-corrected chi connectivity index (χ4v) is 10.7. The Bertz CT molecular complexity index is 2490. The number of Topliss-reactive ketones (excluding diaryl/α,β-unsaturated/α-hetero) is 1. The number of pyridine rings is 2. The van der Waals surface area contributed by atoms with Crippen LogP contribution in [0.25, 0.3) is 21.9 Å². The Morgan fingerprint density at radius 2 is 1.74 bits per heavy atom. The number of fused-ring (bicyclic) bond motifs is 3. The Hall–Kier alpha value is -5.26. The second kappa shape index (κ2) is 18.4. The molecule has 1 saturated heterocycles. The summed E-state index contributed by atoms with van der Waals surface area (Å²) in [7, 11) is -1.01. The summed E-state index contributed by atoms with van der Waals surface area (Å²) in [6.07, 6.45) is 3.24. The summed E-state index contributed by atoms with van der Waals surface area (Å²) in [6, 6.07) is 7.67. The average Bonchev–Trinajstić information content (AvgIpc) is 4.15. The Morgan fingerprint density at radius 1 is 1.00 bits per heavy atom. The van der Waals surface area contributed by atoms with Crippen molar-refractivity contribution in [1.29, 1.82) is 0 Å². The molecule has 358 valence electrons. The molecule has 0 spiro atoms. The fraction of sp³-hybridized carbons (Fsp3) is 0.583. The summed E-state index contributed by atoms with van der Waals surface area (Å²) in [4.78, 5) is 68.1. The van der Waals surface area contributed by atoms with E-state index in [1.165, 1.54) is 19.1 Å². The summed E-state index contributed by atoms with van der Waals surface area (Å²) < 4.78 is 92.2. The molecule has 3 fully saturated rings. The van der Waals surface area contributed by atoms with Gasteiger partial charge >= 0.3 is 12.1 Å². The average molecular weight is 941 g/mol. The lowest BCUT2D eigenvalue weighted by Crippen LogP contribution is -2.49. The van der Waals surface area contributed by atoms with Crippen molar-refractivity contribution in [3.8, 4) is 28.6 Å². The number of nitrogens with zero attached hydrogens (tertiary/aromatic N) is 3. The highest BCUT2D eigenvalue weighted by Crippen LogP contribution is 2.58. The van der Waals surface area contributed by atoms with E-state index >= 15 is 4.79 Å². The quantitative estimate of drug-likeness (QED) is 0.137. The van der Waals surface area contributed by atoms with E-state index in [2.05, 4.69) is 9.71 Å². The van der Waals surface area contributed by atoms with Crippen LogP contribution in [0.5, 0.6) is 17.5 Å². The van der Waals surface area contributed by atoms with E-state index in [0.29, 0.717) is 66.5 Å². The maximum Gasteiger partial charge on any atom is 0.427 e. The number of halogens is 3. The van der Waals surface area contributed by atoms with Crippen LogP contribution in [0.1, 0.15) is 98.8 Å². The number of amides is 2. The Morgan fingerprint density at radius 3 is 2.38 bits per heavy atom. The molecular weight excluding hydrogens is 882 g/mol. The van der Waals surface area contributed by atoms with Crippen molar-refractivity contribution < 1.29 is 59.7 Å². The van der Waals surface area contributed by atoms with Crippen LogP contribution in [-0.2, 0) is 33.9 Å². The van der Waals surface area contributed by atoms with E-state index in [1.807, 2.05) is 38.1 Å². The second-order valence-electron chi connectivity index (χ2n) is 19.3. The molecule has 2 aromatic heterocycles. The number of rotatable bonds is 12. The van der Waals surface area contributed by atoms with Crippen LogP contribution in [0, 0.1) is 29.1 Å². The smallest absolute Gasteiger partial charge is 0.427 e. The summed E-state index contributed by atoms with van der Waals surface area (Å²) in [5.74, 6) is -4.09.